The van der Waals surface area contributed by atoms with E-state index in [-0.39, 0.29) is 10.00 Å². The van der Waals surface area contributed by atoms with E-state index in [0.717, 1.165) is 0 Å². The Kier molecular flexibility index (Phi) is 6.63. The fourth-order valence-corrected chi connectivity index (χ4v) is 7.99. The molecule has 0 spiro atoms. The van der Waals surface area contributed by atoms with Crippen LogP contribution in [0.2, 0.25) is 39.2 Å². The van der Waals surface area contributed by atoms with Crippen molar-refractivity contribution in [3.63, 3.8) is 0 Å². The number of alkyl halides is 2. The van der Waals surface area contributed by atoms with E-state index < -0.39 is 22.3 Å². The molecule has 0 bridgehead atoms. The minimum atomic E-state index is -2.61. The SMILES string of the molecule is CC(C)(C)N[Si](C)(C)C(Cl)Cl.[CH3][Ti]([CH3])([CH3])([CH3])([CH3])[C]1=CC=CC1. The Morgan fingerprint density at radius 1 is 1.09 bits per heavy atom. The van der Waals surface area contributed by atoms with Gasteiger partial charge in [0.25, 0.3) is 0 Å². The molecule has 0 unspecified atom stereocenters. The van der Waals surface area contributed by atoms with Crippen LogP contribution >= 0.6 is 23.2 Å². The Morgan fingerprint density at radius 2 is 1.55 bits per heavy atom. The van der Waals surface area contributed by atoms with Crippen LogP contribution in [0.1, 0.15) is 27.2 Å². The summed E-state index contributed by atoms with van der Waals surface area (Å²) >= 11 is 9.07. The van der Waals surface area contributed by atoms with Gasteiger partial charge in [-0.3, -0.25) is 0 Å². The summed E-state index contributed by atoms with van der Waals surface area (Å²) in [5.74, 6) is 0. The molecule has 1 rings (SSSR count). The van der Waals surface area contributed by atoms with E-state index >= 15 is 0 Å². The van der Waals surface area contributed by atoms with Gasteiger partial charge in [0.1, 0.15) is 4.46 Å². The van der Waals surface area contributed by atoms with Crippen LogP contribution < -0.4 is 4.98 Å². The first-order valence-electron chi connectivity index (χ1n) is 8.19. The first kappa shape index (κ1) is 23.0. The molecular formula is C17H37Cl2NSiTi. The molecule has 0 radical (unpaired) electrons. The van der Waals surface area contributed by atoms with Gasteiger partial charge in [-0.15, -0.1) is 23.2 Å². The maximum atomic E-state index is 5.84. The van der Waals surface area contributed by atoms with Gasteiger partial charge in [0, 0.05) is 5.54 Å². The van der Waals surface area contributed by atoms with Crippen molar-refractivity contribution < 1.29 is 14.0 Å². The van der Waals surface area contributed by atoms with E-state index in [9.17, 15) is 0 Å². The molecule has 0 heterocycles. The molecule has 0 aromatic carbocycles. The third kappa shape index (κ3) is 9.30. The topological polar surface area (TPSA) is 12.0 Å². The molecule has 132 valence electrons. The normalized spacial score (nSPS) is 19.2. The molecule has 0 fully saturated rings. The molecule has 22 heavy (non-hydrogen) atoms. The molecule has 0 aromatic heterocycles. The van der Waals surface area contributed by atoms with Crippen molar-refractivity contribution in [2.24, 2.45) is 0 Å². The van der Waals surface area contributed by atoms with Crippen LogP contribution in [0.15, 0.2) is 22.1 Å². The molecule has 0 aromatic rings. The Balaban J connectivity index is 0.000000401. The minimum absolute atomic E-state index is 0.109. The average Bonchev–Trinajstić information content (AvgIpc) is 2.63. The van der Waals surface area contributed by atoms with Crippen LogP contribution in [0.4, 0.5) is 0 Å². The summed E-state index contributed by atoms with van der Waals surface area (Å²) in [5.41, 5.74) is 0.109. The van der Waals surface area contributed by atoms with Gasteiger partial charge in [0.05, 0.1) is 0 Å². The van der Waals surface area contributed by atoms with Crippen LogP contribution in [0.25, 0.3) is 0 Å². The fourth-order valence-electron chi connectivity index (χ4n) is 2.40. The molecule has 0 saturated heterocycles. The van der Waals surface area contributed by atoms with Gasteiger partial charge >= 0.3 is 68.7 Å². The number of hydrogen-bond donors (Lipinski definition) is 1. The first-order valence-corrected chi connectivity index (χ1v) is 20.7. The fraction of sp³-hybridized carbons (Fsp3) is 0.765. The van der Waals surface area contributed by atoms with Crippen molar-refractivity contribution in [2.75, 3.05) is 0 Å². The van der Waals surface area contributed by atoms with Crippen LogP contribution in [-0.2, 0) is 14.0 Å². The third-order valence-electron chi connectivity index (χ3n) is 3.62. The van der Waals surface area contributed by atoms with E-state index in [0.29, 0.717) is 0 Å². The van der Waals surface area contributed by atoms with Gasteiger partial charge in [-0.2, -0.15) is 0 Å². The van der Waals surface area contributed by atoms with Crippen LogP contribution in [0.5, 0.6) is 0 Å². The Labute approximate surface area is 148 Å². The van der Waals surface area contributed by atoms with E-state index in [1.807, 2.05) is 0 Å². The van der Waals surface area contributed by atoms with E-state index in [1.54, 1.807) is 3.88 Å². The number of allylic oxidation sites excluding steroid dienone is 4. The number of nitrogens with one attached hydrogen (secondary N) is 1. The summed E-state index contributed by atoms with van der Waals surface area (Å²) in [4.78, 5) is 3.47. The molecule has 1 N–H and O–H groups in total. The monoisotopic (exact) mass is 401 g/mol. The summed E-state index contributed by atoms with van der Waals surface area (Å²) in [5, 5.41) is 12.4. The summed E-state index contributed by atoms with van der Waals surface area (Å²) < 4.78 is 1.45. The third-order valence-corrected chi connectivity index (χ3v) is 15.0. The first-order chi connectivity index (χ1) is 9.24. The standard InChI is InChI=1S/C7H17Cl2NSi.C5H5.5CH3.Ti/c1-7(2,3)10-11(4,5)6(8)9;1-2-4-5-3-1;;;;;;/h6,10H,1-5H3;1-3H,4H2;5*1H3;. The summed E-state index contributed by atoms with van der Waals surface area (Å²) in [6.45, 7) is 10.6. The Bertz CT molecular complexity index is 451. The van der Waals surface area contributed by atoms with Crippen molar-refractivity contribution >= 4 is 31.4 Å². The predicted molar refractivity (Wildman–Crippen MR) is 107 cm³/mol. The molecule has 0 saturated carbocycles. The summed E-state index contributed by atoms with van der Waals surface area (Å²) in [7, 11) is -1.64. The molecule has 1 aliphatic rings. The zero-order valence-electron chi connectivity index (χ0n) is 16.3. The van der Waals surface area contributed by atoms with Crippen molar-refractivity contribution in [3.8, 4) is 0 Å². The predicted octanol–water partition coefficient (Wildman–Crippen LogP) is 7.22. The van der Waals surface area contributed by atoms with Crippen LogP contribution in [0, 0.1) is 0 Å². The Hall–Kier alpha value is 0.951. The summed E-state index contributed by atoms with van der Waals surface area (Å²) in [6, 6.07) is 0. The molecule has 5 heteroatoms. The van der Waals surface area contributed by atoms with Crippen LogP contribution in [-0.4, -0.2) is 18.2 Å². The molecule has 0 aliphatic heterocycles. The van der Waals surface area contributed by atoms with Crippen molar-refractivity contribution in [3.05, 3.63) is 22.1 Å². The van der Waals surface area contributed by atoms with Gasteiger partial charge < -0.3 is 4.98 Å². The van der Waals surface area contributed by atoms with E-state index in [4.69, 9.17) is 23.2 Å². The van der Waals surface area contributed by atoms with Gasteiger partial charge in [0.2, 0.25) is 0 Å². The van der Waals surface area contributed by atoms with Gasteiger partial charge in [-0.1, -0.05) is 13.1 Å². The number of hydrogen-bond acceptors (Lipinski definition) is 1. The molecule has 1 aliphatic carbocycles. The number of halogens is 2. The molecular weight excluding hydrogens is 365 g/mol. The second kappa shape index (κ2) is 6.35. The van der Waals surface area contributed by atoms with Gasteiger partial charge in [0.15, 0.2) is 8.24 Å². The second-order valence-corrected chi connectivity index (χ2v) is 38.6. The average molecular weight is 402 g/mol. The Morgan fingerprint density at radius 3 is 1.68 bits per heavy atom. The maximum absolute atomic E-state index is 5.84. The quantitative estimate of drug-likeness (QED) is 0.388. The molecule has 0 atom stereocenters. The molecule has 0 amide bonds. The van der Waals surface area contributed by atoms with Crippen LogP contribution in [0.3, 0.4) is 0 Å². The van der Waals surface area contributed by atoms with Gasteiger partial charge in [-0.05, 0) is 20.8 Å². The van der Waals surface area contributed by atoms with Gasteiger partial charge in [-0.25, -0.2) is 0 Å². The van der Waals surface area contributed by atoms with E-state index in [2.05, 4.69) is 83.2 Å². The zero-order chi connectivity index (χ0) is 18.1. The molecule has 1 nitrogen and oxygen atoms in total. The van der Waals surface area contributed by atoms with Crippen molar-refractivity contribution in [1.29, 1.82) is 0 Å². The number of rotatable bonds is 3. The van der Waals surface area contributed by atoms with E-state index in [1.165, 1.54) is 6.42 Å². The van der Waals surface area contributed by atoms with Crippen molar-refractivity contribution in [2.45, 2.75) is 76.4 Å². The summed E-state index contributed by atoms with van der Waals surface area (Å²) in [6.07, 6.45) is 7.98. The van der Waals surface area contributed by atoms with Crippen molar-refractivity contribution in [1.82, 2.24) is 4.98 Å². The zero-order valence-corrected chi connectivity index (χ0v) is 20.3. The second-order valence-electron chi connectivity index (χ2n) is 12.0.